The highest BCUT2D eigenvalue weighted by Gasteiger charge is 2.27. The van der Waals surface area contributed by atoms with Gasteiger partial charge in [-0.15, -0.1) is 0 Å². The van der Waals surface area contributed by atoms with Crippen molar-refractivity contribution in [3.05, 3.63) is 34.7 Å². The number of rotatable bonds is 6. The van der Waals surface area contributed by atoms with Crippen LogP contribution >= 0.6 is 0 Å². The van der Waals surface area contributed by atoms with Gasteiger partial charge in [-0.1, -0.05) is 12.1 Å². The normalized spacial score (nSPS) is 13.5. The number of hydrogen-bond donors (Lipinski definition) is 0. The Balaban J connectivity index is 2.63. The van der Waals surface area contributed by atoms with Crippen molar-refractivity contribution in [1.82, 2.24) is 9.13 Å². The van der Waals surface area contributed by atoms with Crippen LogP contribution in [0.3, 0.4) is 0 Å². The van der Waals surface area contributed by atoms with Gasteiger partial charge in [-0.25, -0.2) is 14.4 Å². The van der Waals surface area contributed by atoms with Crippen LogP contribution in [0.1, 0.15) is 39.8 Å². The summed E-state index contributed by atoms with van der Waals surface area (Å²) in [6.45, 7) is 7.08. The molecule has 0 aliphatic rings. The maximum Gasteiger partial charge on any atom is 0.330 e. The number of benzene rings is 1. The van der Waals surface area contributed by atoms with Gasteiger partial charge in [0.15, 0.2) is 0 Å². The molecule has 24 heavy (non-hydrogen) atoms. The van der Waals surface area contributed by atoms with E-state index in [0.29, 0.717) is 11.0 Å². The second-order valence-corrected chi connectivity index (χ2v) is 5.37. The number of carbonyl (C=O) groups is 2. The Morgan fingerprint density at radius 3 is 1.62 bits per heavy atom. The molecule has 0 aliphatic heterocycles. The number of fused-ring (bicyclic) bond motifs is 1. The minimum absolute atomic E-state index is 0.232. The molecule has 0 saturated heterocycles. The van der Waals surface area contributed by atoms with Crippen molar-refractivity contribution in [2.24, 2.45) is 0 Å². The smallest absolute Gasteiger partial charge is 0.330 e. The molecule has 0 saturated carbocycles. The number of esters is 2. The molecular weight excluding hydrogens is 312 g/mol. The zero-order valence-corrected chi connectivity index (χ0v) is 14.3. The fourth-order valence-corrected chi connectivity index (χ4v) is 2.68. The summed E-state index contributed by atoms with van der Waals surface area (Å²) in [5.74, 6) is -0.988. The fourth-order valence-electron chi connectivity index (χ4n) is 2.68. The minimum atomic E-state index is -0.794. The van der Waals surface area contributed by atoms with Crippen molar-refractivity contribution >= 4 is 23.0 Å². The third-order valence-electron chi connectivity index (χ3n) is 3.84. The lowest BCUT2D eigenvalue weighted by Crippen LogP contribution is -2.34. The largest absolute Gasteiger partial charge is 0.464 e. The number of imidazole rings is 1. The molecule has 1 aromatic carbocycles. The van der Waals surface area contributed by atoms with Crippen LogP contribution in [0, 0.1) is 0 Å². The average Bonchev–Trinajstić information content (AvgIpc) is 2.85. The van der Waals surface area contributed by atoms with Gasteiger partial charge in [-0.3, -0.25) is 9.13 Å². The van der Waals surface area contributed by atoms with Crippen LogP contribution in [0.25, 0.3) is 11.0 Å². The number of hydrogen-bond acceptors (Lipinski definition) is 5. The molecule has 1 aromatic heterocycles. The predicted molar refractivity (Wildman–Crippen MR) is 88.9 cm³/mol. The Labute approximate surface area is 139 Å². The lowest BCUT2D eigenvalue weighted by Gasteiger charge is -2.13. The predicted octanol–water partition coefficient (Wildman–Crippen LogP) is 2.05. The molecule has 2 atom stereocenters. The molecule has 0 amide bonds. The lowest BCUT2D eigenvalue weighted by molar-refractivity contribution is -0.146. The van der Waals surface area contributed by atoms with Gasteiger partial charge in [0.2, 0.25) is 0 Å². The number of para-hydroxylation sites is 2. The second kappa shape index (κ2) is 7.33. The number of ether oxygens (including phenoxy) is 2. The van der Waals surface area contributed by atoms with Crippen LogP contribution in [0.2, 0.25) is 0 Å². The topological polar surface area (TPSA) is 79.5 Å². The van der Waals surface area contributed by atoms with Gasteiger partial charge in [-0.2, -0.15) is 0 Å². The summed E-state index contributed by atoms with van der Waals surface area (Å²) in [4.78, 5) is 37.0. The van der Waals surface area contributed by atoms with E-state index in [1.54, 1.807) is 52.0 Å². The van der Waals surface area contributed by atoms with Crippen molar-refractivity contribution in [3.8, 4) is 0 Å². The molecular formula is C17H22N2O5. The number of carbonyl (C=O) groups excluding carboxylic acids is 2. The molecule has 7 heteroatoms. The lowest BCUT2D eigenvalue weighted by atomic mass is 10.2. The van der Waals surface area contributed by atoms with Crippen molar-refractivity contribution in [2.45, 2.75) is 39.8 Å². The Bertz CT molecular complexity index is 741. The van der Waals surface area contributed by atoms with Crippen molar-refractivity contribution in [1.29, 1.82) is 0 Å². The maximum absolute atomic E-state index is 12.9. The van der Waals surface area contributed by atoms with E-state index in [9.17, 15) is 14.4 Å². The third kappa shape index (κ3) is 3.06. The van der Waals surface area contributed by atoms with Gasteiger partial charge in [0.25, 0.3) is 0 Å². The third-order valence-corrected chi connectivity index (χ3v) is 3.84. The molecule has 1 heterocycles. The Hall–Kier alpha value is -2.57. The highest BCUT2D eigenvalue weighted by molar-refractivity contribution is 5.83. The summed E-state index contributed by atoms with van der Waals surface area (Å²) >= 11 is 0. The van der Waals surface area contributed by atoms with Gasteiger partial charge >= 0.3 is 17.6 Å². The molecule has 0 aliphatic carbocycles. The molecule has 130 valence electrons. The summed E-state index contributed by atoms with van der Waals surface area (Å²) in [5.41, 5.74) is 0.690. The molecule has 0 radical (unpaired) electrons. The molecule has 0 bridgehead atoms. The van der Waals surface area contributed by atoms with E-state index in [1.807, 2.05) is 0 Å². The Morgan fingerprint density at radius 2 is 1.29 bits per heavy atom. The van der Waals surface area contributed by atoms with E-state index in [0.717, 1.165) is 0 Å². The van der Waals surface area contributed by atoms with Crippen molar-refractivity contribution in [2.75, 3.05) is 13.2 Å². The summed E-state index contributed by atoms with van der Waals surface area (Å²) in [7, 11) is 0. The van der Waals surface area contributed by atoms with Gasteiger partial charge in [0.1, 0.15) is 12.1 Å². The first kappa shape index (κ1) is 17.8. The first-order chi connectivity index (χ1) is 11.4. The van der Waals surface area contributed by atoms with Crippen LogP contribution in [-0.4, -0.2) is 34.3 Å². The molecule has 0 unspecified atom stereocenters. The van der Waals surface area contributed by atoms with E-state index < -0.39 is 29.7 Å². The molecule has 7 nitrogen and oxygen atoms in total. The number of aromatic nitrogens is 2. The van der Waals surface area contributed by atoms with Crippen LogP contribution in [0.5, 0.6) is 0 Å². The Morgan fingerprint density at radius 1 is 0.917 bits per heavy atom. The molecule has 2 rings (SSSR count). The van der Waals surface area contributed by atoms with E-state index in [4.69, 9.17) is 9.47 Å². The quantitative estimate of drug-likeness (QED) is 0.755. The first-order valence-electron chi connectivity index (χ1n) is 7.98. The van der Waals surface area contributed by atoms with Gasteiger partial charge in [0, 0.05) is 0 Å². The molecule has 0 spiro atoms. The van der Waals surface area contributed by atoms with Crippen LogP contribution < -0.4 is 5.69 Å². The zero-order chi connectivity index (χ0) is 17.9. The van der Waals surface area contributed by atoms with Gasteiger partial charge < -0.3 is 9.47 Å². The first-order valence-corrected chi connectivity index (χ1v) is 7.98. The van der Waals surface area contributed by atoms with E-state index in [-0.39, 0.29) is 13.2 Å². The molecule has 0 N–H and O–H groups in total. The Kier molecular flexibility index (Phi) is 5.43. The zero-order valence-electron chi connectivity index (χ0n) is 14.3. The van der Waals surface area contributed by atoms with Crippen molar-refractivity contribution < 1.29 is 19.1 Å². The van der Waals surface area contributed by atoms with Crippen LogP contribution in [0.4, 0.5) is 0 Å². The van der Waals surface area contributed by atoms with Gasteiger partial charge in [-0.05, 0) is 39.8 Å². The summed E-state index contributed by atoms with van der Waals surface area (Å²) in [5, 5.41) is 0. The summed E-state index contributed by atoms with van der Waals surface area (Å²) in [6.07, 6.45) is 0. The number of nitrogens with zero attached hydrogens (tertiary/aromatic N) is 2. The average molecular weight is 334 g/mol. The molecule has 2 aromatic rings. The molecule has 0 fully saturated rings. The van der Waals surface area contributed by atoms with E-state index >= 15 is 0 Å². The van der Waals surface area contributed by atoms with Gasteiger partial charge in [0.05, 0.1) is 24.2 Å². The van der Waals surface area contributed by atoms with E-state index in [1.165, 1.54) is 9.13 Å². The highest BCUT2D eigenvalue weighted by Crippen LogP contribution is 2.21. The SMILES string of the molecule is CCOC(=O)[C@@H](C)n1c(=O)n([C@H](C)C(=O)OCC)c2ccccc21. The fraction of sp³-hybridized carbons (Fsp3) is 0.471. The van der Waals surface area contributed by atoms with Crippen molar-refractivity contribution in [3.63, 3.8) is 0 Å². The highest BCUT2D eigenvalue weighted by atomic mass is 16.5. The van der Waals surface area contributed by atoms with E-state index in [2.05, 4.69) is 0 Å². The summed E-state index contributed by atoms with van der Waals surface area (Å²) < 4.78 is 12.7. The monoisotopic (exact) mass is 334 g/mol. The minimum Gasteiger partial charge on any atom is -0.464 e. The summed E-state index contributed by atoms with van der Waals surface area (Å²) in [6, 6.07) is 5.43. The standard InChI is InChI=1S/C17H22N2O5/c1-5-23-15(20)11(3)18-13-9-7-8-10-14(13)19(17(18)22)12(4)16(21)24-6-2/h7-12H,5-6H2,1-4H3/t11-,12-/m1/s1. The van der Waals surface area contributed by atoms with Crippen LogP contribution in [0.15, 0.2) is 29.1 Å². The van der Waals surface area contributed by atoms with Crippen LogP contribution in [-0.2, 0) is 19.1 Å². The maximum atomic E-state index is 12.9. The second-order valence-electron chi connectivity index (χ2n) is 5.37.